The Morgan fingerprint density at radius 2 is 1.55 bits per heavy atom. The summed E-state index contributed by atoms with van der Waals surface area (Å²) >= 11 is 0. The van der Waals surface area contributed by atoms with Crippen LogP contribution in [0, 0.1) is 12.7 Å². The second kappa shape index (κ2) is 5.25. The van der Waals surface area contributed by atoms with E-state index in [9.17, 15) is 4.39 Å². The van der Waals surface area contributed by atoms with Gasteiger partial charge in [0.05, 0.1) is 5.69 Å². The Kier molecular flexibility index (Phi) is 3.30. The molecule has 1 nitrogen and oxygen atoms in total. The van der Waals surface area contributed by atoms with Gasteiger partial charge < -0.3 is 0 Å². The topological polar surface area (TPSA) is 12.9 Å². The standard InChI is InChI=1S/C18H14FN/c1-13-12-20-18(15-7-9-16(19)10-8-15)11-17(13)14-5-3-2-4-6-14/h2-12H,1H3. The molecule has 1 aromatic heterocycles. The van der Waals surface area contributed by atoms with Gasteiger partial charge in [-0.2, -0.15) is 0 Å². The van der Waals surface area contributed by atoms with Crippen molar-refractivity contribution in [2.75, 3.05) is 0 Å². The van der Waals surface area contributed by atoms with Crippen molar-refractivity contribution in [3.63, 3.8) is 0 Å². The summed E-state index contributed by atoms with van der Waals surface area (Å²) in [6.45, 7) is 2.05. The maximum atomic E-state index is 13.0. The normalized spacial score (nSPS) is 10.5. The zero-order valence-electron chi connectivity index (χ0n) is 11.2. The van der Waals surface area contributed by atoms with Crippen molar-refractivity contribution in [2.24, 2.45) is 0 Å². The molecule has 2 heteroatoms. The first-order valence-electron chi connectivity index (χ1n) is 6.52. The molecule has 0 spiro atoms. The van der Waals surface area contributed by atoms with E-state index in [4.69, 9.17) is 0 Å². The van der Waals surface area contributed by atoms with Gasteiger partial charge in [0.15, 0.2) is 0 Å². The van der Waals surface area contributed by atoms with Crippen molar-refractivity contribution in [2.45, 2.75) is 6.92 Å². The summed E-state index contributed by atoms with van der Waals surface area (Å²) in [7, 11) is 0. The third kappa shape index (κ3) is 2.45. The van der Waals surface area contributed by atoms with E-state index in [1.807, 2.05) is 31.3 Å². The Morgan fingerprint density at radius 1 is 0.850 bits per heavy atom. The van der Waals surface area contributed by atoms with Gasteiger partial charge in [-0.3, -0.25) is 4.98 Å². The van der Waals surface area contributed by atoms with Crippen molar-refractivity contribution in [3.05, 3.63) is 78.2 Å². The Balaban J connectivity index is 2.09. The van der Waals surface area contributed by atoms with Gasteiger partial charge in [0, 0.05) is 11.8 Å². The molecule has 0 unspecified atom stereocenters. The number of aromatic nitrogens is 1. The molecule has 3 aromatic rings. The van der Waals surface area contributed by atoms with E-state index in [0.29, 0.717) is 0 Å². The number of benzene rings is 2. The third-order valence-electron chi connectivity index (χ3n) is 3.33. The smallest absolute Gasteiger partial charge is 0.123 e. The molecule has 3 rings (SSSR count). The van der Waals surface area contributed by atoms with Crippen LogP contribution in [0.15, 0.2) is 66.9 Å². The molecule has 98 valence electrons. The summed E-state index contributed by atoms with van der Waals surface area (Å²) in [6.07, 6.45) is 1.86. The zero-order chi connectivity index (χ0) is 13.9. The minimum absolute atomic E-state index is 0.232. The summed E-state index contributed by atoms with van der Waals surface area (Å²) < 4.78 is 13.0. The molecular weight excluding hydrogens is 249 g/mol. The van der Waals surface area contributed by atoms with Gasteiger partial charge in [-0.25, -0.2) is 4.39 Å². The first-order chi connectivity index (χ1) is 9.74. The largest absolute Gasteiger partial charge is 0.256 e. The fourth-order valence-electron chi connectivity index (χ4n) is 2.23. The van der Waals surface area contributed by atoms with Gasteiger partial charge in [-0.15, -0.1) is 0 Å². The molecule has 0 saturated heterocycles. The van der Waals surface area contributed by atoms with E-state index >= 15 is 0 Å². The average Bonchev–Trinajstić information content (AvgIpc) is 2.50. The van der Waals surface area contributed by atoms with Crippen LogP contribution in [0.4, 0.5) is 4.39 Å². The number of hydrogen-bond acceptors (Lipinski definition) is 1. The quantitative estimate of drug-likeness (QED) is 0.643. The molecular formula is C18H14FN. The third-order valence-corrected chi connectivity index (χ3v) is 3.33. The molecule has 1 heterocycles. The highest BCUT2D eigenvalue weighted by atomic mass is 19.1. The molecule has 2 aromatic carbocycles. The fourth-order valence-corrected chi connectivity index (χ4v) is 2.23. The van der Waals surface area contributed by atoms with Crippen LogP contribution < -0.4 is 0 Å². The summed E-state index contributed by atoms with van der Waals surface area (Å²) in [5.41, 5.74) is 5.22. The lowest BCUT2D eigenvalue weighted by Gasteiger charge is -2.08. The highest BCUT2D eigenvalue weighted by Gasteiger charge is 2.06. The summed E-state index contributed by atoms with van der Waals surface area (Å²) in [5, 5.41) is 0. The van der Waals surface area contributed by atoms with Crippen molar-refractivity contribution >= 4 is 0 Å². The first kappa shape index (κ1) is 12.5. The summed E-state index contributed by atoms with van der Waals surface area (Å²) in [5.74, 6) is -0.232. The predicted molar refractivity (Wildman–Crippen MR) is 79.8 cm³/mol. The van der Waals surface area contributed by atoms with Crippen LogP contribution in [0.25, 0.3) is 22.4 Å². The first-order valence-corrected chi connectivity index (χ1v) is 6.52. The van der Waals surface area contributed by atoms with E-state index in [1.54, 1.807) is 12.1 Å². The van der Waals surface area contributed by atoms with Crippen molar-refractivity contribution < 1.29 is 4.39 Å². The monoisotopic (exact) mass is 263 g/mol. The second-order valence-electron chi connectivity index (χ2n) is 4.76. The fraction of sp³-hybridized carbons (Fsp3) is 0.0556. The van der Waals surface area contributed by atoms with E-state index < -0.39 is 0 Å². The molecule has 0 bridgehead atoms. The molecule has 0 aliphatic carbocycles. The van der Waals surface area contributed by atoms with E-state index in [-0.39, 0.29) is 5.82 Å². The maximum Gasteiger partial charge on any atom is 0.123 e. The highest BCUT2D eigenvalue weighted by Crippen LogP contribution is 2.27. The molecule has 20 heavy (non-hydrogen) atoms. The lowest BCUT2D eigenvalue weighted by Crippen LogP contribution is -1.89. The van der Waals surface area contributed by atoms with Crippen molar-refractivity contribution in [1.82, 2.24) is 4.98 Å². The molecule has 0 fully saturated rings. The minimum Gasteiger partial charge on any atom is -0.256 e. The van der Waals surface area contributed by atoms with Crippen LogP contribution in [0.2, 0.25) is 0 Å². The summed E-state index contributed by atoms with van der Waals surface area (Å²) in [6, 6.07) is 18.7. The van der Waals surface area contributed by atoms with Crippen molar-refractivity contribution in [1.29, 1.82) is 0 Å². The number of halogens is 1. The molecule has 0 radical (unpaired) electrons. The SMILES string of the molecule is Cc1cnc(-c2ccc(F)cc2)cc1-c1ccccc1. The molecule has 0 saturated carbocycles. The van der Waals surface area contributed by atoms with Gasteiger partial charge in [0.1, 0.15) is 5.82 Å². The van der Waals surface area contributed by atoms with Crippen LogP contribution in [-0.2, 0) is 0 Å². The van der Waals surface area contributed by atoms with E-state index in [0.717, 1.165) is 27.9 Å². The number of nitrogens with zero attached hydrogens (tertiary/aromatic N) is 1. The van der Waals surface area contributed by atoms with Gasteiger partial charge in [0.25, 0.3) is 0 Å². The Labute approximate surface area is 117 Å². The number of aryl methyl sites for hydroxylation is 1. The summed E-state index contributed by atoms with van der Waals surface area (Å²) in [4.78, 5) is 4.44. The van der Waals surface area contributed by atoms with Crippen LogP contribution >= 0.6 is 0 Å². The minimum atomic E-state index is -0.232. The maximum absolute atomic E-state index is 13.0. The van der Waals surface area contributed by atoms with Crippen LogP contribution in [0.5, 0.6) is 0 Å². The van der Waals surface area contributed by atoms with Crippen LogP contribution in [0.3, 0.4) is 0 Å². The molecule has 0 aliphatic rings. The van der Waals surface area contributed by atoms with Crippen LogP contribution in [-0.4, -0.2) is 4.98 Å². The predicted octanol–water partition coefficient (Wildman–Crippen LogP) is 4.86. The lowest BCUT2D eigenvalue weighted by atomic mass is 10.00. The van der Waals surface area contributed by atoms with Gasteiger partial charge in [0.2, 0.25) is 0 Å². The van der Waals surface area contributed by atoms with Crippen molar-refractivity contribution in [3.8, 4) is 22.4 Å². The van der Waals surface area contributed by atoms with E-state index in [1.165, 1.54) is 12.1 Å². The number of pyridine rings is 1. The average molecular weight is 263 g/mol. The van der Waals surface area contributed by atoms with Gasteiger partial charge in [-0.05, 0) is 53.9 Å². The Bertz CT molecular complexity index is 718. The molecule has 0 amide bonds. The number of rotatable bonds is 2. The van der Waals surface area contributed by atoms with Gasteiger partial charge in [-0.1, -0.05) is 30.3 Å². The highest BCUT2D eigenvalue weighted by molar-refractivity contribution is 5.72. The Hall–Kier alpha value is -2.48. The van der Waals surface area contributed by atoms with Crippen LogP contribution in [0.1, 0.15) is 5.56 Å². The molecule has 0 atom stereocenters. The molecule has 0 N–H and O–H groups in total. The van der Waals surface area contributed by atoms with E-state index in [2.05, 4.69) is 23.2 Å². The molecule has 0 aliphatic heterocycles. The zero-order valence-corrected chi connectivity index (χ0v) is 11.2. The second-order valence-corrected chi connectivity index (χ2v) is 4.76. The Morgan fingerprint density at radius 3 is 2.25 bits per heavy atom. The lowest BCUT2D eigenvalue weighted by molar-refractivity contribution is 0.628. The number of hydrogen-bond donors (Lipinski definition) is 0. The van der Waals surface area contributed by atoms with Gasteiger partial charge >= 0.3 is 0 Å².